The number of hydrogen-bond acceptors (Lipinski definition) is 5. The number of nitrogens with one attached hydrogen (secondary N) is 1. The van der Waals surface area contributed by atoms with Gasteiger partial charge in [-0.3, -0.25) is 4.79 Å². The van der Waals surface area contributed by atoms with E-state index in [2.05, 4.69) is 27.5 Å². The summed E-state index contributed by atoms with van der Waals surface area (Å²) in [6.07, 6.45) is 4.38. The third-order valence-electron chi connectivity index (χ3n) is 4.95. The van der Waals surface area contributed by atoms with Gasteiger partial charge in [-0.1, -0.05) is 30.3 Å². The molecule has 3 aromatic rings. The van der Waals surface area contributed by atoms with Gasteiger partial charge in [0, 0.05) is 17.7 Å². The average Bonchev–Trinajstić information content (AvgIpc) is 3.32. The fourth-order valence-corrected chi connectivity index (χ4v) is 3.82. The van der Waals surface area contributed by atoms with Crippen LogP contribution in [-0.4, -0.2) is 20.5 Å². The molecule has 0 amide bonds. The van der Waals surface area contributed by atoms with Crippen LogP contribution in [0.3, 0.4) is 0 Å². The molecule has 1 N–H and O–H groups in total. The predicted molar refractivity (Wildman–Crippen MR) is 90.9 cm³/mol. The Labute approximate surface area is 144 Å². The SMILES string of the molecule is O=C1C[C@H](c2ccccc2)CC2=C1[C@@H](c1ccco1)n1ncnc1N2. The van der Waals surface area contributed by atoms with Crippen LogP contribution in [0.1, 0.15) is 36.1 Å². The van der Waals surface area contributed by atoms with E-state index in [4.69, 9.17) is 4.42 Å². The molecule has 0 unspecified atom stereocenters. The van der Waals surface area contributed by atoms with Crippen LogP contribution in [0.15, 0.2) is 70.7 Å². The van der Waals surface area contributed by atoms with Crippen LogP contribution in [0.4, 0.5) is 5.95 Å². The molecule has 124 valence electrons. The van der Waals surface area contributed by atoms with Gasteiger partial charge in [0.1, 0.15) is 18.1 Å². The number of furan rings is 1. The van der Waals surface area contributed by atoms with E-state index in [1.54, 1.807) is 10.9 Å². The normalized spacial score (nSPS) is 22.3. The molecule has 1 aromatic carbocycles. The van der Waals surface area contributed by atoms with E-state index in [0.29, 0.717) is 18.1 Å². The molecule has 0 fully saturated rings. The third kappa shape index (κ3) is 2.21. The van der Waals surface area contributed by atoms with Crippen LogP contribution < -0.4 is 5.32 Å². The Bertz CT molecular complexity index is 956. The summed E-state index contributed by atoms with van der Waals surface area (Å²) in [6, 6.07) is 13.5. The highest BCUT2D eigenvalue weighted by atomic mass is 16.3. The minimum absolute atomic E-state index is 0.130. The van der Waals surface area contributed by atoms with Gasteiger partial charge >= 0.3 is 0 Å². The van der Waals surface area contributed by atoms with Crippen LogP contribution in [0.5, 0.6) is 0 Å². The molecule has 2 aromatic heterocycles. The summed E-state index contributed by atoms with van der Waals surface area (Å²) in [5, 5.41) is 7.60. The first-order chi connectivity index (χ1) is 12.3. The van der Waals surface area contributed by atoms with E-state index in [1.165, 1.54) is 11.9 Å². The largest absolute Gasteiger partial charge is 0.467 e. The Morgan fingerprint density at radius 1 is 1.12 bits per heavy atom. The Balaban J connectivity index is 1.60. The highest BCUT2D eigenvalue weighted by molar-refractivity contribution is 6.00. The van der Waals surface area contributed by atoms with Crippen LogP contribution in [0, 0.1) is 0 Å². The number of fused-ring (bicyclic) bond motifs is 1. The van der Waals surface area contributed by atoms with Crippen molar-refractivity contribution < 1.29 is 9.21 Å². The molecule has 2 atom stereocenters. The number of aromatic nitrogens is 3. The minimum Gasteiger partial charge on any atom is -0.467 e. The van der Waals surface area contributed by atoms with E-state index in [9.17, 15) is 4.79 Å². The van der Waals surface area contributed by atoms with E-state index < -0.39 is 0 Å². The molecule has 6 nitrogen and oxygen atoms in total. The number of hydrogen-bond donors (Lipinski definition) is 1. The Kier molecular flexibility index (Phi) is 3.09. The molecule has 3 heterocycles. The van der Waals surface area contributed by atoms with Gasteiger partial charge in [0.2, 0.25) is 5.95 Å². The van der Waals surface area contributed by atoms with Crippen molar-refractivity contribution in [1.82, 2.24) is 14.8 Å². The van der Waals surface area contributed by atoms with Gasteiger partial charge in [-0.05, 0) is 30.0 Å². The highest BCUT2D eigenvalue weighted by Crippen LogP contribution is 2.43. The lowest BCUT2D eigenvalue weighted by Crippen LogP contribution is -2.33. The molecule has 5 rings (SSSR count). The van der Waals surface area contributed by atoms with Gasteiger partial charge < -0.3 is 9.73 Å². The van der Waals surface area contributed by atoms with Crippen molar-refractivity contribution in [2.24, 2.45) is 0 Å². The van der Waals surface area contributed by atoms with Crippen molar-refractivity contribution >= 4 is 11.7 Å². The molecule has 0 saturated carbocycles. The van der Waals surface area contributed by atoms with Crippen molar-refractivity contribution in [2.75, 3.05) is 5.32 Å². The highest BCUT2D eigenvalue weighted by Gasteiger charge is 2.40. The maximum Gasteiger partial charge on any atom is 0.226 e. The molecule has 0 radical (unpaired) electrons. The van der Waals surface area contributed by atoms with Crippen molar-refractivity contribution in [3.05, 3.63) is 77.6 Å². The number of carbonyl (C=O) groups excluding carboxylic acids is 1. The number of anilines is 1. The Morgan fingerprint density at radius 3 is 2.80 bits per heavy atom. The molecular formula is C19H16N4O2. The molecular weight excluding hydrogens is 316 g/mol. The van der Waals surface area contributed by atoms with Gasteiger partial charge in [-0.2, -0.15) is 10.1 Å². The molecule has 25 heavy (non-hydrogen) atoms. The molecule has 6 heteroatoms. The fourth-order valence-electron chi connectivity index (χ4n) is 3.82. The fraction of sp³-hybridized carbons (Fsp3) is 0.211. The van der Waals surface area contributed by atoms with Gasteiger partial charge in [0.05, 0.1) is 6.26 Å². The first kappa shape index (κ1) is 14.2. The van der Waals surface area contributed by atoms with E-state index >= 15 is 0 Å². The number of allylic oxidation sites excluding steroid dienone is 2. The molecule has 0 saturated heterocycles. The summed E-state index contributed by atoms with van der Waals surface area (Å²) in [4.78, 5) is 17.3. The zero-order valence-corrected chi connectivity index (χ0v) is 13.4. The van der Waals surface area contributed by atoms with Gasteiger partial charge in [-0.15, -0.1) is 0 Å². The lowest BCUT2D eigenvalue weighted by atomic mass is 9.79. The van der Waals surface area contributed by atoms with Crippen molar-refractivity contribution in [2.45, 2.75) is 24.8 Å². The average molecular weight is 332 g/mol. The predicted octanol–water partition coefficient (Wildman–Crippen LogP) is 3.29. The first-order valence-electron chi connectivity index (χ1n) is 8.32. The van der Waals surface area contributed by atoms with Crippen LogP contribution in [0.2, 0.25) is 0 Å². The zero-order chi connectivity index (χ0) is 16.8. The lowest BCUT2D eigenvalue weighted by Gasteiger charge is -2.34. The second kappa shape index (κ2) is 5.44. The molecule has 1 aliphatic heterocycles. The number of benzene rings is 1. The summed E-state index contributed by atoms with van der Waals surface area (Å²) in [6.45, 7) is 0. The zero-order valence-electron chi connectivity index (χ0n) is 13.4. The monoisotopic (exact) mass is 332 g/mol. The topological polar surface area (TPSA) is 73.0 Å². The summed E-state index contributed by atoms with van der Waals surface area (Å²) in [5.41, 5.74) is 2.85. The van der Waals surface area contributed by atoms with Gasteiger partial charge in [0.25, 0.3) is 0 Å². The molecule has 0 bridgehead atoms. The van der Waals surface area contributed by atoms with Crippen LogP contribution >= 0.6 is 0 Å². The van der Waals surface area contributed by atoms with Gasteiger partial charge in [0.15, 0.2) is 5.78 Å². The quantitative estimate of drug-likeness (QED) is 0.779. The first-order valence-corrected chi connectivity index (χ1v) is 8.32. The van der Waals surface area contributed by atoms with E-state index in [1.807, 2.05) is 30.3 Å². The standard InChI is InChI=1S/C19H16N4O2/c24-15-10-13(12-5-2-1-3-6-12)9-14-17(15)18(16-7-4-8-25-16)23-19(22-14)20-11-21-23/h1-8,11,13,18H,9-10H2,(H,20,21,22)/t13-,18-/m1/s1. The minimum atomic E-state index is -0.354. The molecule has 0 spiro atoms. The number of Topliss-reactive ketones (excluding diaryl/α,β-unsaturated/α-hetero) is 1. The maximum atomic E-state index is 13.0. The summed E-state index contributed by atoms with van der Waals surface area (Å²) < 4.78 is 7.33. The van der Waals surface area contributed by atoms with Crippen molar-refractivity contribution in [3.63, 3.8) is 0 Å². The van der Waals surface area contributed by atoms with Crippen LogP contribution in [-0.2, 0) is 4.79 Å². The number of carbonyl (C=O) groups is 1. The number of nitrogens with zero attached hydrogens (tertiary/aromatic N) is 3. The molecule has 1 aliphatic carbocycles. The van der Waals surface area contributed by atoms with E-state index in [0.717, 1.165) is 17.7 Å². The lowest BCUT2D eigenvalue weighted by molar-refractivity contribution is -0.116. The number of ketones is 1. The van der Waals surface area contributed by atoms with E-state index in [-0.39, 0.29) is 17.7 Å². The summed E-state index contributed by atoms with van der Waals surface area (Å²) in [5.74, 6) is 1.64. The smallest absolute Gasteiger partial charge is 0.226 e. The summed E-state index contributed by atoms with van der Waals surface area (Å²) in [7, 11) is 0. The number of rotatable bonds is 2. The summed E-state index contributed by atoms with van der Waals surface area (Å²) >= 11 is 0. The maximum absolute atomic E-state index is 13.0. The van der Waals surface area contributed by atoms with Crippen LogP contribution in [0.25, 0.3) is 0 Å². The Hall–Kier alpha value is -3.15. The second-order valence-corrected chi connectivity index (χ2v) is 6.40. The Morgan fingerprint density at radius 2 is 2.00 bits per heavy atom. The third-order valence-corrected chi connectivity index (χ3v) is 4.95. The molecule has 2 aliphatic rings. The van der Waals surface area contributed by atoms with Gasteiger partial charge in [-0.25, -0.2) is 4.68 Å². The van der Waals surface area contributed by atoms with Crippen molar-refractivity contribution in [1.29, 1.82) is 0 Å². The second-order valence-electron chi connectivity index (χ2n) is 6.40. The van der Waals surface area contributed by atoms with Crippen molar-refractivity contribution in [3.8, 4) is 0 Å².